The molecule has 0 aliphatic carbocycles. The molecule has 0 radical (unpaired) electrons. The molecule has 3 rings (SSSR count). The monoisotopic (exact) mass is 371 g/mol. The zero-order valence-corrected chi connectivity index (χ0v) is 14.2. The quantitative estimate of drug-likeness (QED) is 0.779. The van der Waals surface area contributed by atoms with Gasteiger partial charge in [0.15, 0.2) is 0 Å². The number of hydrogen-bond acceptors (Lipinski definition) is 3. The Hall–Kier alpha value is -2.58. The van der Waals surface area contributed by atoms with Crippen molar-refractivity contribution in [3.63, 3.8) is 0 Å². The summed E-state index contributed by atoms with van der Waals surface area (Å²) in [5, 5.41) is 3.89. The van der Waals surface area contributed by atoms with Gasteiger partial charge in [0, 0.05) is 17.3 Å². The largest absolute Gasteiger partial charge is 0.490 e. The van der Waals surface area contributed by atoms with Gasteiger partial charge in [0.05, 0.1) is 24.3 Å². The Kier molecular flexibility index (Phi) is 4.64. The first-order valence-electron chi connectivity index (χ1n) is 7.98. The molecule has 1 aliphatic heterocycles. The Bertz CT molecular complexity index is 845. The summed E-state index contributed by atoms with van der Waals surface area (Å²) in [5.41, 5.74) is 1.43. The van der Waals surface area contributed by atoms with Crippen LogP contribution < -0.4 is 9.64 Å². The number of anilines is 1. The van der Waals surface area contributed by atoms with Crippen molar-refractivity contribution < 1.29 is 27.1 Å². The number of halogens is 4. The maximum absolute atomic E-state index is 13.5. The third kappa shape index (κ3) is 3.66. The molecule has 9 heteroatoms. The van der Waals surface area contributed by atoms with Gasteiger partial charge < -0.3 is 9.64 Å². The van der Waals surface area contributed by atoms with E-state index < -0.39 is 18.5 Å². The number of rotatable bonds is 3. The Labute approximate surface area is 147 Å². The molecular weight excluding hydrogens is 354 g/mol. The molecule has 0 unspecified atom stereocenters. The first-order valence-corrected chi connectivity index (χ1v) is 7.98. The third-order valence-corrected chi connectivity index (χ3v) is 4.27. The maximum Gasteiger partial charge on any atom is 0.408 e. The molecule has 1 aromatic heterocycles. The minimum Gasteiger partial charge on any atom is -0.490 e. The van der Waals surface area contributed by atoms with Crippen LogP contribution in [0.15, 0.2) is 18.2 Å². The Balaban J connectivity index is 1.85. The van der Waals surface area contributed by atoms with Crippen LogP contribution in [0.5, 0.6) is 5.75 Å². The molecule has 0 spiro atoms. The van der Waals surface area contributed by atoms with Gasteiger partial charge in [-0.15, -0.1) is 0 Å². The average molecular weight is 371 g/mol. The maximum atomic E-state index is 13.5. The van der Waals surface area contributed by atoms with Crippen molar-refractivity contribution in [2.45, 2.75) is 33.0 Å². The van der Waals surface area contributed by atoms with Gasteiger partial charge >= 0.3 is 6.18 Å². The van der Waals surface area contributed by atoms with Crippen molar-refractivity contribution >= 4 is 11.6 Å². The highest BCUT2D eigenvalue weighted by molar-refractivity contribution is 5.96. The molecule has 0 atom stereocenters. The molecule has 0 bridgehead atoms. The third-order valence-electron chi connectivity index (χ3n) is 4.27. The van der Waals surface area contributed by atoms with E-state index in [-0.39, 0.29) is 25.5 Å². The predicted molar refractivity (Wildman–Crippen MR) is 85.7 cm³/mol. The number of carbonyl (C=O) groups excluding carboxylic acids is 1. The Morgan fingerprint density at radius 2 is 2.04 bits per heavy atom. The topological polar surface area (TPSA) is 47.4 Å². The Morgan fingerprint density at radius 1 is 1.31 bits per heavy atom. The van der Waals surface area contributed by atoms with Crippen molar-refractivity contribution in [2.24, 2.45) is 0 Å². The molecule has 1 amide bonds. The van der Waals surface area contributed by atoms with Crippen molar-refractivity contribution in [2.75, 3.05) is 18.1 Å². The number of amides is 1. The van der Waals surface area contributed by atoms with Crippen LogP contribution in [0, 0.1) is 19.7 Å². The lowest BCUT2D eigenvalue weighted by Gasteiger charge is -2.29. The highest BCUT2D eigenvalue weighted by Crippen LogP contribution is 2.33. The number of hydrogen-bond donors (Lipinski definition) is 0. The molecule has 0 saturated heterocycles. The predicted octanol–water partition coefficient (Wildman–Crippen LogP) is 3.17. The van der Waals surface area contributed by atoms with E-state index in [0.29, 0.717) is 28.4 Å². The molecule has 0 saturated carbocycles. The van der Waals surface area contributed by atoms with Gasteiger partial charge in [-0.25, -0.2) is 4.39 Å². The van der Waals surface area contributed by atoms with E-state index in [1.165, 1.54) is 30.0 Å². The zero-order chi connectivity index (χ0) is 19.1. The van der Waals surface area contributed by atoms with Crippen LogP contribution in [-0.2, 0) is 17.8 Å². The fourth-order valence-electron chi connectivity index (χ4n) is 3.01. The highest BCUT2D eigenvalue weighted by atomic mass is 19.4. The van der Waals surface area contributed by atoms with Crippen LogP contribution in [0.1, 0.15) is 17.0 Å². The van der Waals surface area contributed by atoms with Crippen LogP contribution in [0.4, 0.5) is 23.2 Å². The lowest BCUT2D eigenvalue weighted by Crippen LogP contribution is -2.39. The van der Waals surface area contributed by atoms with Gasteiger partial charge in [0.2, 0.25) is 5.91 Å². The number of ether oxygens (including phenoxy) is 1. The second kappa shape index (κ2) is 6.62. The lowest BCUT2D eigenvalue weighted by atomic mass is 10.1. The van der Waals surface area contributed by atoms with Gasteiger partial charge in [-0.1, -0.05) is 0 Å². The number of benzene rings is 1. The van der Waals surface area contributed by atoms with Gasteiger partial charge in [-0.3, -0.25) is 9.48 Å². The van der Waals surface area contributed by atoms with E-state index in [1.807, 2.05) is 0 Å². The molecule has 5 nitrogen and oxygen atoms in total. The molecule has 0 N–H and O–H groups in total. The fraction of sp³-hybridized carbons (Fsp3) is 0.412. The van der Waals surface area contributed by atoms with Gasteiger partial charge in [0.1, 0.15) is 24.7 Å². The standard InChI is InChI=1S/C17H17F4N3O2/c1-10-13(11(2)24(22-10)9-17(19,20)21)8-16(25)23-5-6-26-15-4-3-12(18)7-14(15)23/h3-4,7H,5-6,8-9H2,1-2H3. The molecule has 0 fully saturated rings. The van der Waals surface area contributed by atoms with Crippen molar-refractivity contribution in [3.05, 3.63) is 41.0 Å². The first kappa shape index (κ1) is 18.2. The van der Waals surface area contributed by atoms with Crippen LogP contribution >= 0.6 is 0 Å². The summed E-state index contributed by atoms with van der Waals surface area (Å²) in [6.45, 7) is 2.36. The van der Waals surface area contributed by atoms with E-state index in [9.17, 15) is 22.4 Å². The molecule has 26 heavy (non-hydrogen) atoms. The number of nitrogens with zero attached hydrogens (tertiary/aromatic N) is 3. The zero-order valence-electron chi connectivity index (χ0n) is 14.2. The van der Waals surface area contributed by atoms with Gasteiger partial charge in [-0.05, 0) is 26.0 Å². The minimum absolute atomic E-state index is 0.120. The average Bonchev–Trinajstić information content (AvgIpc) is 2.80. The van der Waals surface area contributed by atoms with Crippen LogP contribution in [0.25, 0.3) is 0 Å². The Morgan fingerprint density at radius 3 is 2.73 bits per heavy atom. The normalized spacial score (nSPS) is 14.2. The number of alkyl halides is 3. The SMILES string of the molecule is Cc1nn(CC(F)(F)F)c(C)c1CC(=O)N1CCOc2ccc(F)cc21. The smallest absolute Gasteiger partial charge is 0.408 e. The van der Waals surface area contributed by atoms with Crippen LogP contribution in [0.3, 0.4) is 0 Å². The number of fused-ring (bicyclic) bond motifs is 1. The van der Waals surface area contributed by atoms with Crippen molar-refractivity contribution in [3.8, 4) is 5.75 Å². The molecule has 2 heterocycles. The summed E-state index contributed by atoms with van der Waals surface area (Å²) >= 11 is 0. The summed E-state index contributed by atoms with van der Waals surface area (Å²) in [4.78, 5) is 14.1. The van der Waals surface area contributed by atoms with Crippen LogP contribution in [-0.4, -0.2) is 35.0 Å². The summed E-state index contributed by atoms with van der Waals surface area (Å²) in [5.74, 6) is -0.456. The van der Waals surface area contributed by atoms with E-state index in [0.717, 1.165) is 4.68 Å². The summed E-state index contributed by atoms with van der Waals surface area (Å²) in [6, 6.07) is 3.89. The van der Waals surface area contributed by atoms with Crippen molar-refractivity contribution in [1.82, 2.24) is 9.78 Å². The van der Waals surface area contributed by atoms with E-state index in [1.54, 1.807) is 6.92 Å². The number of aryl methyl sites for hydroxylation is 1. The highest BCUT2D eigenvalue weighted by Gasteiger charge is 2.31. The van der Waals surface area contributed by atoms with Gasteiger partial charge in [0.25, 0.3) is 0 Å². The number of aromatic nitrogens is 2. The van der Waals surface area contributed by atoms with Gasteiger partial charge in [-0.2, -0.15) is 18.3 Å². The van der Waals surface area contributed by atoms with E-state index >= 15 is 0 Å². The molecule has 2 aromatic rings. The lowest BCUT2D eigenvalue weighted by molar-refractivity contribution is -0.142. The summed E-state index contributed by atoms with van der Waals surface area (Å²) in [6.07, 6.45) is -4.52. The second-order valence-corrected chi connectivity index (χ2v) is 6.10. The molecule has 1 aliphatic rings. The summed E-state index contributed by atoms with van der Waals surface area (Å²) in [7, 11) is 0. The van der Waals surface area contributed by atoms with Crippen molar-refractivity contribution in [1.29, 1.82) is 0 Å². The van der Waals surface area contributed by atoms with E-state index in [2.05, 4.69) is 5.10 Å². The van der Waals surface area contributed by atoms with Crippen LogP contribution in [0.2, 0.25) is 0 Å². The number of carbonyl (C=O) groups is 1. The first-order chi connectivity index (χ1) is 12.2. The van der Waals surface area contributed by atoms with E-state index in [4.69, 9.17) is 4.74 Å². The minimum atomic E-state index is -4.40. The molecule has 1 aromatic carbocycles. The summed E-state index contributed by atoms with van der Waals surface area (Å²) < 4.78 is 57.7. The fourth-order valence-corrected chi connectivity index (χ4v) is 3.01. The second-order valence-electron chi connectivity index (χ2n) is 6.10. The molecular formula is C17H17F4N3O2. The molecule has 140 valence electrons.